The van der Waals surface area contributed by atoms with Gasteiger partial charge in [-0.3, -0.25) is 4.79 Å². The van der Waals surface area contributed by atoms with Gasteiger partial charge in [-0.1, -0.05) is 12.1 Å². The molecule has 0 radical (unpaired) electrons. The Labute approximate surface area is 117 Å². The molecule has 0 bridgehead atoms. The molecule has 2 aromatic rings. The third-order valence-electron chi connectivity index (χ3n) is 2.71. The average Bonchev–Trinajstić information content (AvgIpc) is 2.45. The van der Waals surface area contributed by atoms with Gasteiger partial charge >= 0.3 is 0 Å². The van der Waals surface area contributed by atoms with Crippen molar-refractivity contribution in [2.45, 2.75) is 20.4 Å². The number of hydrogen-bond donors (Lipinski definition) is 0. The van der Waals surface area contributed by atoms with Crippen LogP contribution in [0.2, 0.25) is 0 Å². The quantitative estimate of drug-likeness (QED) is 0.808. The molecule has 0 amide bonds. The first-order valence-electron chi connectivity index (χ1n) is 6.60. The molecule has 5 nitrogen and oxygen atoms in total. The van der Waals surface area contributed by atoms with Crippen LogP contribution in [0, 0.1) is 6.92 Å². The lowest BCUT2D eigenvalue weighted by Gasteiger charge is -2.12. The first-order valence-corrected chi connectivity index (χ1v) is 6.60. The van der Waals surface area contributed by atoms with Gasteiger partial charge in [-0.05, 0) is 32.0 Å². The minimum atomic E-state index is -0.128. The number of aryl methyl sites for hydroxylation is 1. The van der Waals surface area contributed by atoms with Gasteiger partial charge in [-0.2, -0.15) is 5.10 Å². The Balaban J connectivity index is 1.99. The van der Waals surface area contributed by atoms with E-state index in [1.165, 1.54) is 10.7 Å². The van der Waals surface area contributed by atoms with Crippen LogP contribution in [0.3, 0.4) is 0 Å². The molecule has 1 heterocycles. The van der Waals surface area contributed by atoms with Gasteiger partial charge in [0.05, 0.1) is 18.8 Å². The predicted octanol–water partition coefficient (Wildman–Crippen LogP) is 2.03. The van der Waals surface area contributed by atoms with Crippen LogP contribution >= 0.6 is 0 Å². The largest absolute Gasteiger partial charge is 0.490 e. The van der Waals surface area contributed by atoms with E-state index in [1.807, 2.05) is 38.1 Å². The fraction of sp³-hybridized carbons (Fsp3) is 0.333. The minimum Gasteiger partial charge on any atom is -0.490 e. The average molecular weight is 274 g/mol. The lowest BCUT2D eigenvalue weighted by Crippen LogP contribution is -2.25. The smallest absolute Gasteiger partial charge is 0.266 e. The van der Waals surface area contributed by atoms with Gasteiger partial charge in [0.2, 0.25) is 0 Å². The zero-order valence-corrected chi connectivity index (χ0v) is 11.7. The predicted molar refractivity (Wildman–Crippen MR) is 76.3 cm³/mol. The Bertz CT molecular complexity index is 623. The fourth-order valence-corrected chi connectivity index (χ4v) is 1.80. The molecule has 0 aliphatic rings. The maximum Gasteiger partial charge on any atom is 0.266 e. The number of aromatic nitrogens is 2. The summed E-state index contributed by atoms with van der Waals surface area (Å²) in [5.41, 5.74) is 0.677. The standard InChI is InChI=1S/C15H18N2O3/c1-3-19-13-6-4-5-7-14(13)20-11-10-17-15(18)9-8-12(2)16-17/h4-9H,3,10-11H2,1-2H3. The van der Waals surface area contributed by atoms with E-state index in [-0.39, 0.29) is 5.56 Å². The first-order chi connectivity index (χ1) is 9.70. The topological polar surface area (TPSA) is 53.4 Å². The number of rotatable bonds is 6. The normalized spacial score (nSPS) is 10.3. The molecular formula is C15H18N2O3. The van der Waals surface area contributed by atoms with Crippen molar-refractivity contribution in [3.63, 3.8) is 0 Å². The molecule has 0 N–H and O–H groups in total. The highest BCUT2D eigenvalue weighted by Crippen LogP contribution is 2.26. The number of hydrogen-bond acceptors (Lipinski definition) is 4. The molecule has 0 aliphatic heterocycles. The number of benzene rings is 1. The second-order valence-electron chi connectivity index (χ2n) is 4.26. The summed E-state index contributed by atoms with van der Waals surface area (Å²) in [7, 11) is 0. The lowest BCUT2D eigenvalue weighted by molar-refractivity contribution is 0.260. The molecule has 0 aliphatic carbocycles. The van der Waals surface area contributed by atoms with E-state index >= 15 is 0 Å². The van der Waals surface area contributed by atoms with E-state index in [2.05, 4.69) is 5.10 Å². The Hall–Kier alpha value is -2.30. The van der Waals surface area contributed by atoms with E-state index < -0.39 is 0 Å². The second kappa shape index (κ2) is 6.75. The van der Waals surface area contributed by atoms with Gasteiger partial charge < -0.3 is 9.47 Å². The summed E-state index contributed by atoms with van der Waals surface area (Å²) in [5.74, 6) is 1.38. The molecule has 1 aromatic carbocycles. The lowest BCUT2D eigenvalue weighted by atomic mass is 10.3. The van der Waals surface area contributed by atoms with Crippen LogP contribution in [-0.2, 0) is 6.54 Å². The fourth-order valence-electron chi connectivity index (χ4n) is 1.80. The van der Waals surface area contributed by atoms with Gasteiger partial charge in [0.15, 0.2) is 11.5 Å². The van der Waals surface area contributed by atoms with E-state index in [0.29, 0.717) is 31.3 Å². The molecule has 2 rings (SSSR count). The van der Waals surface area contributed by atoms with Crippen LogP contribution in [0.5, 0.6) is 11.5 Å². The van der Waals surface area contributed by atoms with Crippen molar-refractivity contribution in [2.24, 2.45) is 0 Å². The van der Waals surface area contributed by atoms with Gasteiger partial charge in [-0.15, -0.1) is 0 Å². The van der Waals surface area contributed by atoms with Gasteiger partial charge in [-0.25, -0.2) is 4.68 Å². The summed E-state index contributed by atoms with van der Waals surface area (Å²) in [4.78, 5) is 11.6. The van der Waals surface area contributed by atoms with Crippen LogP contribution in [0.15, 0.2) is 41.2 Å². The van der Waals surface area contributed by atoms with Gasteiger partial charge in [0.1, 0.15) is 6.61 Å². The number of para-hydroxylation sites is 2. The zero-order chi connectivity index (χ0) is 14.4. The van der Waals surface area contributed by atoms with Crippen LogP contribution in [0.25, 0.3) is 0 Å². The van der Waals surface area contributed by atoms with Crippen molar-refractivity contribution in [1.82, 2.24) is 9.78 Å². The summed E-state index contributed by atoms with van der Waals surface area (Å²) in [6.07, 6.45) is 0. The molecular weight excluding hydrogens is 256 g/mol. The van der Waals surface area contributed by atoms with E-state index in [4.69, 9.17) is 9.47 Å². The summed E-state index contributed by atoms with van der Waals surface area (Å²) in [5, 5.41) is 4.16. The maximum atomic E-state index is 11.6. The Morgan fingerprint density at radius 2 is 1.80 bits per heavy atom. The third kappa shape index (κ3) is 3.60. The number of nitrogens with zero attached hydrogens (tertiary/aromatic N) is 2. The van der Waals surface area contributed by atoms with Crippen LogP contribution < -0.4 is 15.0 Å². The maximum absolute atomic E-state index is 11.6. The van der Waals surface area contributed by atoms with E-state index in [1.54, 1.807) is 6.07 Å². The van der Waals surface area contributed by atoms with Crippen molar-refractivity contribution in [2.75, 3.05) is 13.2 Å². The zero-order valence-electron chi connectivity index (χ0n) is 11.7. The molecule has 0 fully saturated rings. The summed E-state index contributed by atoms with van der Waals surface area (Å²) in [6, 6.07) is 10.7. The molecule has 0 spiro atoms. The molecule has 20 heavy (non-hydrogen) atoms. The van der Waals surface area contributed by atoms with Crippen molar-refractivity contribution in [3.05, 3.63) is 52.4 Å². The van der Waals surface area contributed by atoms with Crippen molar-refractivity contribution in [1.29, 1.82) is 0 Å². The highest BCUT2D eigenvalue weighted by atomic mass is 16.5. The summed E-state index contributed by atoms with van der Waals surface area (Å²) >= 11 is 0. The van der Waals surface area contributed by atoms with E-state index in [0.717, 1.165) is 5.69 Å². The molecule has 106 valence electrons. The minimum absolute atomic E-state index is 0.128. The molecule has 5 heteroatoms. The van der Waals surface area contributed by atoms with Crippen molar-refractivity contribution >= 4 is 0 Å². The molecule has 0 unspecified atom stereocenters. The van der Waals surface area contributed by atoms with E-state index in [9.17, 15) is 4.79 Å². The Morgan fingerprint density at radius 3 is 2.50 bits per heavy atom. The van der Waals surface area contributed by atoms with Crippen LogP contribution in [-0.4, -0.2) is 23.0 Å². The second-order valence-corrected chi connectivity index (χ2v) is 4.26. The third-order valence-corrected chi connectivity index (χ3v) is 2.71. The van der Waals surface area contributed by atoms with Crippen molar-refractivity contribution in [3.8, 4) is 11.5 Å². The summed E-state index contributed by atoms with van der Waals surface area (Å²) in [6.45, 7) is 5.12. The molecule has 1 aromatic heterocycles. The Kier molecular flexibility index (Phi) is 4.76. The molecule has 0 atom stereocenters. The first kappa shape index (κ1) is 14.1. The highest BCUT2D eigenvalue weighted by Gasteiger charge is 2.04. The van der Waals surface area contributed by atoms with Gasteiger partial charge in [0.25, 0.3) is 5.56 Å². The summed E-state index contributed by atoms with van der Waals surface area (Å²) < 4.78 is 12.5. The molecule has 0 saturated heterocycles. The van der Waals surface area contributed by atoms with Crippen LogP contribution in [0.1, 0.15) is 12.6 Å². The molecule has 0 saturated carbocycles. The Morgan fingerprint density at radius 1 is 1.10 bits per heavy atom. The monoisotopic (exact) mass is 274 g/mol. The number of ether oxygens (including phenoxy) is 2. The van der Waals surface area contributed by atoms with Crippen LogP contribution in [0.4, 0.5) is 0 Å². The van der Waals surface area contributed by atoms with Gasteiger partial charge in [0, 0.05) is 6.07 Å². The van der Waals surface area contributed by atoms with Crippen molar-refractivity contribution < 1.29 is 9.47 Å². The highest BCUT2D eigenvalue weighted by molar-refractivity contribution is 5.39. The SMILES string of the molecule is CCOc1ccccc1OCCn1nc(C)ccc1=O.